The third-order valence-corrected chi connectivity index (χ3v) is 4.82. The molecule has 3 rings (SSSR count). The van der Waals surface area contributed by atoms with Crippen LogP contribution in [0.25, 0.3) is 0 Å². The van der Waals surface area contributed by atoms with Crippen LogP contribution in [0.4, 0.5) is 15.9 Å². The van der Waals surface area contributed by atoms with Crippen LogP contribution < -0.4 is 10.6 Å². The molecule has 6 nitrogen and oxygen atoms in total. The first kappa shape index (κ1) is 22.0. The Morgan fingerprint density at radius 3 is 2.57 bits per heavy atom. The Kier molecular flexibility index (Phi) is 7.25. The summed E-state index contributed by atoms with van der Waals surface area (Å²) in [4.78, 5) is 11.7. The molecule has 0 aliphatic carbocycles. The zero-order chi connectivity index (χ0) is 21.7. The van der Waals surface area contributed by atoms with E-state index in [-0.39, 0.29) is 11.7 Å². The number of aromatic nitrogens is 2. The largest absolute Gasteiger partial charge is 0.462 e. The van der Waals surface area contributed by atoms with E-state index in [4.69, 9.17) is 40.2 Å². The number of carbonyl (C=O) groups excluding carboxylic acids is 1. The summed E-state index contributed by atoms with van der Waals surface area (Å²) in [5.41, 5.74) is 1.41. The number of halogens is 3. The Morgan fingerprint density at radius 2 is 1.90 bits per heavy atom. The van der Waals surface area contributed by atoms with Gasteiger partial charge in [-0.1, -0.05) is 29.3 Å². The minimum absolute atomic E-state index is 0.114. The summed E-state index contributed by atoms with van der Waals surface area (Å²) in [6.07, 6.45) is 1.55. The number of thiocarbonyl (C=S) groups is 1. The molecule has 0 radical (unpaired) electrons. The maximum Gasteiger partial charge on any atom is 0.338 e. The van der Waals surface area contributed by atoms with Crippen LogP contribution in [-0.4, -0.2) is 27.5 Å². The molecule has 2 N–H and O–H groups in total. The molecule has 0 atom stereocenters. The number of carbonyl (C=O) groups is 1. The molecule has 10 heteroatoms. The van der Waals surface area contributed by atoms with E-state index in [9.17, 15) is 9.18 Å². The van der Waals surface area contributed by atoms with E-state index in [1.54, 1.807) is 43.5 Å². The van der Waals surface area contributed by atoms with E-state index >= 15 is 0 Å². The van der Waals surface area contributed by atoms with Gasteiger partial charge in [0.2, 0.25) is 0 Å². The number of nitrogens with zero attached hydrogens (tertiary/aromatic N) is 2. The molecule has 30 heavy (non-hydrogen) atoms. The van der Waals surface area contributed by atoms with Crippen molar-refractivity contribution in [2.45, 2.75) is 13.5 Å². The summed E-state index contributed by atoms with van der Waals surface area (Å²) < 4.78 is 20.4. The molecular formula is C20H17Cl2FN4O2S. The molecule has 2 aromatic carbocycles. The van der Waals surface area contributed by atoms with Gasteiger partial charge in [0.15, 0.2) is 10.9 Å². The summed E-state index contributed by atoms with van der Waals surface area (Å²) in [6.45, 7) is 2.17. The Bertz CT molecular complexity index is 1050. The van der Waals surface area contributed by atoms with E-state index < -0.39 is 11.8 Å². The number of hydrogen-bond acceptors (Lipinski definition) is 4. The van der Waals surface area contributed by atoms with Gasteiger partial charge in [-0.05, 0) is 55.5 Å². The highest BCUT2D eigenvalue weighted by Crippen LogP contribution is 2.24. The van der Waals surface area contributed by atoms with E-state index in [0.29, 0.717) is 39.3 Å². The van der Waals surface area contributed by atoms with Gasteiger partial charge in [0.05, 0.1) is 18.7 Å². The van der Waals surface area contributed by atoms with Gasteiger partial charge in [0.1, 0.15) is 10.8 Å². The van der Waals surface area contributed by atoms with Crippen molar-refractivity contribution in [3.05, 3.63) is 75.7 Å². The van der Waals surface area contributed by atoms with Crippen molar-refractivity contribution in [1.82, 2.24) is 9.78 Å². The molecule has 0 amide bonds. The van der Waals surface area contributed by atoms with Crippen molar-refractivity contribution >= 4 is 58.0 Å². The lowest BCUT2D eigenvalue weighted by molar-refractivity contribution is 0.0526. The van der Waals surface area contributed by atoms with Crippen LogP contribution in [0.3, 0.4) is 0 Å². The van der Waals surface area contributed by atoms with Gasteiger partial charge in [-0.15, -0.1) is 0 Å². The number of rotatable bonds is 6. The first-order valence-electron chi connectivity index (χ1n) is 8.88. The molecule has 3 aromatic rings. The molecule has 1 heterocycles. The van der Waals surface area contributed by atoms with E-state index in [1.165, 1.54) is 16.8 Å². The van der Waals surface area contributed by atoms with Gasteiger partial charge < -0.3 is 15.4 Å². The van der Waals surface area contributed by atoms with E-state index in [2.05, 4.69) is 15.7 Å². The lowest BCUT2D eigenvalue weighted by Gasteiger charge is -2.10. The van der Waals surface area contributed by atoms with E-state index in [1.807, 2.05) is 0 Å². The smallest absolute Gasteiger partial charge is 0.338 e. The van der Waals surface area contributed by atoms with Crippen LogP contribution in [0, 0.1) is 5.82 Å². The SMILES string of the molecule is CCOC(=O)c1ccc(NC(=S)Nc2nn(Cc3c(F)cccc3Cl)cc2Cl)cc1. The fourth-order valence-electron chi connectivity index (χ4n) is 2.58. The zero-order valence-electron chi connectivity index (χ0n) is 15.8. The van der Waals surface area contributed by atoms with Crippen molar-refractivity contribution in [2.24, 2.45) is 0 Å². The average Bonchev–Trinajstić information content (AvgIpc) is 3.04. The molecule has 0 saturated carbocycles. The third-order valence-electron chi connectivity index (χ3n) is 3.98. The predicted octanol–water partition coefficient (Wildman–Crippen LogP) is 5.36. The topological polar surface area (TPSA) is 68.2 Å². The van der Waals surface area contributed by atoms with Crippen molar-refractivity contribution < 1.29 is 13.9 Å². The minimum Gasteiger partial charge on any atom is -0.462 e. The monoisotopic (exact) mass is 466 g/mol. The second kappa shape index (κ2) is 9.88. The number of anilines is 2. The minimum atomic E-state index is -0.424. The number of hydrogen-bond donors (Lipinski definition) is 2. The average molecular weight is 467 g/mol. The summed E-state index contributed by atoms with van der Waals surface area (Å²) in [5.74, 6) is -0.506. The second-order valence-electron chi connectivity index (χ2n) is 6.10. The van der Waals surface area contributed by atoms with Gasteiger partial charge in [0, 0.05) is 22.5 Å². The van der Waals surface area contributed by atoms with Gasteiger partial charge in [-0.2, -0.15) is 5.10 Å². The highest BCUT2D eigenvalue weighted by atomic mass is 35.5. The maximum absolute atomic E-state index is 14.0. The second-order valence-corrected chi connectivity index (χ2v) is 7.32. The number of benzene rings is 2. The normalized spacial score (nSPS) is 10.5. The maximum atomic E-state index is 14.0. The van der Waals surface area contributed by atoms with E-state index in [0.717, 1.165) is 0 Å². The quantitative estimate of drug-likeness (QED) is 0.376. The van der Waals surface area contributed by atoms with Crippen LogP contribution in [0.1, 0.15) is 22.8 Å². The van der Waals surface area contributed by atoms with Crippen molar-refractivity contribution in [3.8, 4) is 0 Å². The molecule has 0 unspecified atom stereocenters. The third kappa shape index (κ3) is 5.47. The highest BCUT2D eigenvalue weighted by molar-refractivity contribution is 7.80. The number of ether oxygens (including phenoxy) is 1. The predicted molar refractivity (Wildman–Crippen MR) is 120 cm³/mol. The summed E-state index contributed by atoms with van der Waals surface area (Å²) >= 11 is 17.6. The van der Waals surface area contributed by atoms with Gasteiger partial charge >= 0.3 is 5.97 Å². The van der Waals surface area contributed by atoms with Crippen LogP contribution in [0.15, 0.2) is 48.7 Å². The Morgan fingerprint density at radius 1 is 1.17 bits per heavy atom. The molecule has 156 valence electrons. The summed E-state index contributed by atoms with van der Waals surface area (Å²) in [5, 5.41) is 11.0. The zero-order valence-corrected chi connectivity index (χ0v) is 18.1. The molecule has 0 aliphatic rings. The van der Waals surface area contributed by atoms with Crippen molar-refractivity contribution in [1.29, 1.82) is 0 Å². The van der Waals surface area contributed by atoms with Gasteiger partial charge in [0.25, 0.3) is 0 Å². The van der Waals surface area contributed by atoms with Gasteiger partial charge in [-0.3, -0.25) is 4.68 Å². The number of nitrogens with one attached hydrogen (secondary N) is 2. The Balaban J connectivity index is 1.64. The fourth-order valence-corrected chi connectivity index (χ4v) is 3.22. The standard InChI is InChI=1S/C20H17Cl2FN4O2S/c1-2-29-19(28)12-6-8-13(9-7-12)24-20(30)25-18-16(22)11-27(26-18)10-14-15(21)4-3-5-17(14)23/h3-9,11H,2,10H2,1H3,(H2,24,25,26,30). The van der Waals surface area contributed by atoms with Crippen LogP contribution >= 0.6 is 35.4 Å². The number of esters is 1. The Labute approximate surface area is 187 Å². The van der Waals surface area contributed by atoms with Crippen LogP contribution in [0.2, 0.25) is 10.0 Å². The van der Waals surface area contributed by atoms with Crippen molar-refractivity contribution in [2.75, 3.05) is 17.2 Å². The Hall–Kier alpha value is -2.68. The lowest BCUT2D eigenvalue weighted by Crippen LogP contribution is -2.20. The molecule has 0 saturated heterocycles. The molecule has 0 fully saturated rings. The van der Waals surface area contributed by atoms with Crippen molar-refractivity contribution in [3.63, 3.8) is 0 Å². The molecule has 0 spiro atoms. The molecule has 0 aliphatic heterocycles. The highest BCUT2D eigenvalue weighted by Gasteiger charge is 2.13. The first-order chi connectivity index (χ1) is 14.4. The molecule has 1 aromatic heterocycles. The fraction of sp³-hybridized carbons (Fsp3) is 0.150. The van der Waals surface area contributed by atoms with Gasteiger partial charge in [-0.25, -0.2) is 9.18 Å². The first-order valence-corrected chi connectivity index (χ1v) is 10.0. The van der Waals surface area contributed by atoms with Crippen LogP contribution in [-0.2, 0) is 11.3 Å². The van der Waals surface area contributed by atoms with Crippen LogP contribution in [0.5, 0.6) is 0 Å². The lowest BCUT2D eigenvalue weighted by atomic mass is 10.2. The summed E-state index contributed by atoms with van der Waals surface area (Å²) in [7, 11) is 0. The summed E-state index contributed by atoms with van der Waals surface area (Å²) in [6, 6.07) is 11.1. The molecular weight excluding hydrogens is 450 g/mol. The molecule has 0 bridgehead atoms.